The Morgan fingerprint density at radius 2 is 1.45 bits per heavy atom. The minimum atomic E-state index is -0.432. The Hall–Kier alpha value is -3.74. The molecular weight excluding hydrogens is 425 g/mol. The van der Waals surface area contributed by atoms with Crippen LogP contribution in [-0.2, 0) is 6.42 Å². The second kappa shape index (κ2) is 9.40. The minimum Gasteiger partial charge on any atom is -0.497 e. The van der Waals surface area contributed by atoms with Gasteiger partial charge in [-0.1, -0.05) is 12.1 Å². The van der Waals surface area contributed by atoms with Gasteiger partial charge in [-0.2, -0.15) is 0 Å². The maximum absolute atomic E-state index is 13.8. The number of hydrogen-bond donors (Lipinski definition) is 0. The van der Waals surface area contributed by atoms with Crippen molar-refractivity contribution < 1.29 is 28.1 Å². The number of benzene rings is 3. The zero-order valence-corrected chi connectivity index (χ0v) is 19.1. The first-order valence-electron chi connectivity index (χ1n) is 10.5. The maximum atomic E-state index is 13.8. The highest BCUT2D eigenvalue weighted by Crippen LogP contribution is 2.42. The molecule has 1 amide bonds. The van der Waals surface area contributed by atoms with Crippen LogP contribution < -0.4 is 18.9 Å². The van der Waals surface area contributed by atoms with Gasteiger partial charge in [-0.3, -0.25) is 4.79 Å². The summed E-state index contributed by atoms with van der Waals surface area (Å²) in [7, 11) is 6.25. The van der Waals surface area contributed by atoms with Crippen molar-refractivity contribution in [3.8, 4) is 23.0 Å². The van der Waals surface area contributed by atoms with E-state index in [1.165, 1.54) is 12.1 Å². The van der Waals surface area contributed by atoms with Crippen molar-refractivity contribution >= 4 is 5.91 Å². The summed E-state index contributed by atoms with van der Waals surface area (Å²) in [6.45, 7) is 0.475. The van der Waals surface area contributed by atoms with Crippen molar-refractivity contribution in [2.45, 2.75) is 12.5 Å². The smallest absolute Gasteiger partial charge is 0.254 e. The van der Waals surface area contributed by atoms with Gasteiger partial charge in [0.1, 0.15) is 17.3 Å². The maximum Gasteiger partial charge on any atom is 0.254 e. The fourth-order valence-corrected chi connectivity index (χ4v) is 4.27. The van der Waals surface area contributed by atoms with Crippen LogP contribution in [0.2, 0.25) is 0 Å². The highest BCUT2D eigenvalue weighted by Gasteiger charge is 2.34. The fourth-order valence-electron chi connectivity index (χ4n) is 4.27. The number of carbonyl (C=O) groups is 1. The number of methoxy groups -OCH3 is 4. The number of halogens is 1. The lowest BCUT2D eigenvalue weighted by atomic mass is 9.87. The molecule has 0 saturated heterocycles. The molecule has 172 valence electrons. The Bertz CT molecular complexity index is 1140. The van der Waals surface area contributed by atoms with Crippen molar-refractivity contribution in [1.82, 2.24) is 4.90 Å². The molecule has 0 radical (unpaired) electrons. The molecule has 0 fully saturated rings. The summed E-state index contributed by atoms with van der Waals surface area (Å²) >= 11 is 0. The summed E-state index contributed by atoms with van der Waals surface area (Å²) in [6, 6.07) is 14.7. The molecule has 0 N–H and O–H groups in total. The Labute approximate surface area is 192 Å². The predicted molar refractivity (Wildman–Crippen MR) is 122 cm³/mol. The fraction of sp³-hybridized carbons (Fsp3) is 0.269. The van der Waals surface area contributed by atoms with E-state index < -0.39 is 6.04 Å². The molecular formula is C26H26FNO5. The Kier molecular flexibility index (Phi) is 6.40. The summed E-state index contributed by atoms with van der Waals surface area (Å²) < 4.78 is 35.4. The number of amides is 1. The van der Waals surface area contributed by atoms with Gasteiger partial charge in [0.2, 0.25) is 0 Å². The molecule has 4 rings (SSSR count). The van der Waals surface area contributed by atoms with Gasteiger partial charge in [0.25, 0.3) is 5.91 Å². The first-order valence-corrected chi connectivity index (χ1v) is 10.5. The van der Waals surface area contributed by atoms with Crippen LogP contribution in [-0.4, -0.2) is 45.8 Å². The third-order valence-electron chi connectivity index (χ3n) is 5.92. The highest BCUT2D eigenvalue weighted by atomic mass is 19.1. The molecule has 0 aromatic heterocycles. The molecule has 3 aromatic carbocycles. The summed E-state index contributed by atoms with van der Waals surface area (Å²) in [5.41, 5.74) is 3.21. The minimum absolute atomic E-state index is 0.179. The van der Waals surface area contributed by atoms with E-state index in [4.69, 9.17) is 18.9 Å². The van der Waals surface area contributed by atoms with Gasteiger partial charge < -0.3 is 23.8 Å². The van der Waals surface area contributed by atoms with E-state index in [1.54, 1.807) is 63.7 Å². The van der Waals surface area contributed by atoms with Gasteiger partial charge in [-0.05, 0) is 59.5 Å². The zero-order chi connectivity index (χ0) is 23.5. The van der Waals surface area contributed by atoms with Crippen LogP contribution in [0.5, 0.6) is 23.0 Å². The monoisotopic (exact) mass is 451 g/mol. The third kappa shape index (κ3) is 4.31. The van der Waals surface area contributed by atoms with Crippen LogP contribution in [0.25, 0.3) is 0 Å². The molecule has 0 spiro atoms. The largest absolute Gasteiger partial charge is 0.497 e. The summed E-state index contributed by atoms with van der Waals surface area (Å²) in [4.78, 5) is 15.5. The number of ether oxygens (including phenoxy) is 4. The van der Waals surface area contributed by atoms with Crippen LogP contribution in [0.4, 0.5) is 4.39 Å². The zero-order valence-electron chi connectivity index (χ0n) is 19.1. The number of nitrogens with zero attached hydrogens (tertiary/aromatic N) is 1. The quantitative estimate of drug-likeness (QED) is 0.546. The lowest BCUT2D eigenvalue weighted by molar-refractivity contribution is 0.0693. The molecule has 0 saturated carbocycles. The molecule has 3 aromatic rings. The van der Waals surface area contributed by atoms with E-state index in [0.29, 0.717) is 41.5 Å². The first-order chi connectivity index (χ1) is 16.0. The molecule has 0 aliphatic carbocycles. The molecule has 1 atom stereocenters. The number of rotatable bonds is 6. The van der Waals surface area contributed by atoms with Gasteiger partial charge >= 0.3 is 0 Å². The van der Waals surface area contributed by atoms with Gasteiger partial charge in [0.05, 0.1) is 34.5 Å². The van der Waals surface area contributed by atoms with E-state index in [-0.39, 0.29) is 11.7 Å². The molecule has 1 heterocycles. The van der Waals surface area contributed by atoms with Crippen LogP contribution in [0.1, 0.15) is 33.1 Å². The molecule has 1 aliphatic rings. The van der Waals surface area contributed by atoms with Crippen molar-refractivity contribution in [3.05, 3.63) is 82.7 Å². The molecule has 7 heteroatoms. The Morgan fingerprint density at radius 1 is 0.848 bits per heavy atom. The van der Waals surface area contributed by atoms with Crippen LogP contribution >= 0.6 is 0 Å². The summed E-state index contributed by atoms with van der Waals surface area (Å²) in [5.74, 6) is 1.74. The van der Waals surface area contributed by atoms with Gasteiger partial charge in [-0.25, -0.2) is 4.39 Å². The van der Waals surface area contributed by atoms with Gasteiger partial charge in [0.15, 0.2) is 11.5 Å². The lowest BCUT2D eigenvalue weighted by Crippen LogP contribution is -2.40. The number of carbonyl (C=O) groups excluding carboxylic acids is 1. The van der Waals surface area contributed by atoms with E-state index in [1.807, 2.05) is 12.1 Å². The summed E-state index contributed by atoms with van der Waals surface area (Å²) in [6.07, 6.45) is 0.639. The average Bonchev–Trinajstić information content (AvgIpc) is 2.86. The number of hydrogen-bond acceptors (Lipinski definition) is 5. The van der Waals surface area contributed by atoms with E-state index in [9.17, 15) is 9.18 Å². The highest BCUT2D eigenvalue weighted by molar-refractivity contribution is 5.96. The van der Waals surface area contributed by atoms with E-state index in [0.717, 1.165) is 16.7 Å². The summed E-state index contributed by atoms with van der Waals surface area (Å²) in [5, 5.41) is 0. The standard InChI is InChI=1S/C26H26FNO5/c1-30-20-11-18(12-21(14-20)31-2)26(29)28-10-9-17-13-23(32-3)24(33-4)15-22(17)25(28)16-5-7-19(27)8-6-16/h5-8,11-15,25H,9-10H2,1-4H3/t25-/m1/s1. The lowest BCUT2D eigenvalue weighted by Gasteiger charge is -2.38. The van der Waals surface area contributed by atoms with Crippen molar-refractivity contribution in [2.24, 2.45) is 0 Å². The normalized spacial score (nSPS) is 14.9. The van der Waals surface area contributed by atoms with Crippen molar-refractivity contribution in [3.63, 3.8) is 0 Å². The Balaban J connectivity index is 1.84. The van der Waals surface area contributed by atoms with E-state index >= 15 is 0 Å². The van der Waals surface area contributed by atoms with Crippen LogP contribution in [0, 0.1) is 5.82 Å². The SMILES string of the molecule is COc1cc(OC)cc(C(=O)N2CCc3cc(OC)c(OC)cc3[C@H]2c2ccc(F)cc2)c1. The average molecular weight is 451 g/mol. The van der Waals surface area contributed by atoms with Crippen molar-refractivity contribution in [1.29, 1.82) is 0 Å². The molecule has 33 heavy (non-hydrogen) atoms. The molecule has 1 aliphatic heterocycles. The second-order valence-electron chi connectivity index (χ2n) is 7.71. The molecule has 0 bridgehead atoms. The first kappa shape index (κ1) is 22.5. The van der Waals surface area contributed by atoms with Crippen LogP contribution in [0.15, 0.2) is 54.6 Å². The van der Waals surface area contributed by atoms with Crippen molar-refractivity contribution in [2.75, 3.05) is 35.0 Å². The van der Waals surface area contributed by atoms with Crippen LogP contribution in [0.3, 0.4) is 0 Å². The number of fused-ring (bicyclic) bond motifs is 1. The molecule has 0 unspecified atom stereocenters. The van der Waals surface area contributed by atoms with Gasteiger partial charge in [0, 0.05) is 18.2 Å². The third-order valence-corrected chi connectivity index (χ3v) is 5.92. The van der Waals surface area contributed by atoms with Gasteiger partial charge in [-0.15, -0.1) is 0 Å². The second-order valence-corrected chi connectivity index (χ2v) is 7.71. The molecule has 6 nitrogen and oxygen atoms in total. The Morgan fingerprint density at radius 3 is 2.03 bits per heavy atom. The van der Waals surface area contributed by atoms with E-state index in [2.05, 4.69) is 0 Å². The predicted octanol–water partition coefficient (Wildman–Crippen LogP) is 4.65. The topological polar surface area (TPSA) is 57.2 Å².